The Morgan fingerprint density at radius 2 is 1.81 bits per heavy atom. The van der Waals surface area contributed by atoms with Crippen molar-refractivity contribution in [3.05, 3.63) is 78.1 Å². The van der Waals surface area contributed by atoms with Crippen LogP contribution in [-0.4, -0.2) is 40.5 Å². The molecule has 2 aromatic carbocycles. The third kappa shape index (κ3) is 4.92. The zero-order chi connectivity index (χ0) is 22.5. The second-order valence-electron chi connectivity index (χ2n) is 7.34. The molecule has 32 heavy (non-hydrogen) atoms. The first-order chi connectivity index (χ1) is 15.5. The number of hydrogen-bond donors (Lipinski definition) is 2. The van der Waals surface area contributed by atoms with Crippen LogP contribution in [-0.2, 0) is 11.3 Å². The number of rotatable bonds is 8. The summed E-state index contributed by atoms with van der Waals surface area (Å²) in [6.45, 7) is 0.859. The first kappa shape index (κ1) is 21.5. The average Bonchev–Trinajstić information content (AvgIpc) is 3.26. The van der Waals surface area contributed by atoms with Crippen LogP contribution < -0.4 is 10.2 Å². The fourth-order valence-electron chi connectivity index (χ4n) is 3.32. The van der Waals surface area contributed by atoms with Crippen LogP contribution in [0.25, 0.3) is 20.7 Å². The molecule has 7 nitrogen and oxygen atoms in total. The van der Waals surface area contributed by atoms with E-state index in [-0.39, 0.29) is 11.5 Å². The zero-order valence-corrected chi connectivity index (χ0v) is 18.3. The topological polar surface area (TPSA) is 95.4 Å². The number of nitrogens with one attached hydrogen (secondary N) is 1. The number of aromatic nitrogens is 2. The Hall–Kier alpha value is -3.78. The molecular formula is C24H22N4O3S. The molecule has 2 N–H and O–H groups in total. The van der Waals surface area contributed by atoms with Gasteiger partial charge in [-0.25, -0.2) is 14.8 Å². The van der Waals surface area contributed by atoms with Gasteiger partial charge >= 0.3 is 5.97 Å². The molecule has 0 aliphatic rings. The Bertz CT molecular complexity index is 1240. The largest absolute Gasteiger partial charge is 0.478 e. The number of carbonyl (C=O) groups excluding carboxylic acids is 1. The third-order valence-electron chi connectivity index (χ3n) is 5.09. The van der Waals surface area contributed by atoms with Crippen molar-refractivity contribution < 1.29 is 14.7 Å². The molecule has 0 aliphatic carbocycles. The minimum Gasteiger partial charge on any atom is -0.478 e. The Balaban J connectivity index is 1.37. The van der Waals surface area contributed by atoms with Gasteiger partial charge in [0.05, 0.1) is 10.9 Å². The SMILES string of the molecule is CN(CCC(=O)NCc1ccc(C(=O)O)cc1)c1ncnc2sc(-c3ccccc3)cc12. The van der Waals surface area contributed by atoms with E-state index in [4.69, 9.17) is 5.11 Å². The predicted molar refractivity (Wildman–Crippen MR) is 126 cm³/mol. The molecule has 0 saturated carbocycles. The summed E-state index contributed by atoms with van der Waals surface area (Å²) in [6.07, 6.45) is 1.87. The van der Waals surface area contributed by atoms with Crippen molar-refractivity contribution in [2.75, 3.05) is 18.5 Å². The van der Waals surface area contributed by atoms with Crippen molar-refractivity contribution in [2.24, 2.45) is 0 Å². The van der Waals surface area contributed by atoms with E-state index in [1.54, 1.807) is 29.8 Å². The first-order valence-electron chi connectivity index (χ1n) is 10.1. The van der Waals surface area contributed by atoms with Gasteiger partial charge in [0, 0.05) is 31.4 Å². The highest BCUT2D eigenvalue weighted by Gasteiger charge is 2.14. The van der Waals surface area contributed by atoms with E-state index in [9.17, 15) is 9.59 Å². The number of thiophene rings is 1. The minimum atomic E-state index is -0.969. The van der Waals surface area contributed by atoms with E-state index in [1.165, 1.54) is 12.1 Å². The van der Waals surface area contributed by atoms with Crippen LogP contribution in [0.5, 0.6) is 0 Å². The molecule has 0 aliphatic heterocycles. The Labute approximate surface area is 189 Å². The summed E-state index contributed by atoms with van der Waals surface area (Å²) in [5.74, 6) is -0.255. The van der Waals surface area contributed by atoms with Crippen LogP contribution in [0.15, 0.2) is 67.0 Å². The van der Waals surface area contributed by atoms with E-state index < -0.39 is 5.97 Å². The van der Waals surface area contributed by atoms with Gasteiger partial charge in [-0.05, 0) is 29.3 Å². The van der Waals surface area contributed by atoms with Gasteiger partial charge in [0.25, 0.3) is 0 Å². The monoisotopic (exact) mass is 446 g/mol. The lowest BCUT2D eigenvalue weighted by molar-refractivity contribution is -0.121. The maximum Gasteiger partial charge on any atom is 0.335 e. The van der Waals surface area contributed by atoms with E-state index >= 15 is 0 Å². The zero-order valence-electron chi connectivity index (χ0n) is 17.5. The number of hydrogen-bond acceptors (Lipinski definition) is 6. The second-order valence-corrected chi connectivity index (χ2v) is 8.37. The van der Waals surface area contributed by atoms with E-state index in [1.807, 2.05) is 30.1 Å². The number of nitrogens with zero attached hydrogens (tertiary/aromatic N) is 3. The lowest BCUT2D eigenvalue weighted by Crippen LogP contribution is -2.29. The molecule has 1 amide bonds. The van der Waals surface area contributed by atoms with Crippen molar-refractivity contribution in [3.8, 4) is 10.4 Å². The third-order valence-corrected chi connectivity index (χ3v) is 6.19. The quantitative estimate of drug-likeness (QED) is 0.421. The molecule has 0 atom stereocenters. The van der Waals surface area contributed by atoms with Gasteiger partial charge in [-0.1, -0.05) is 42.5 Å². The standard InChI is InChI=1S/C24H22N4O3S/c1-28(12-11-21(29)25-14-16-7-9-18(10-8-16)24(30)31)22-19-13-20(17-5-3-2-4-6-17)32-23(19)27-15-26-22/h2-10,13,15H,11-12,14H2,1H3,(H,25,29)(H,30,31). The lowest BCUT2D eigenvalue weighted by atomic mass is 10.1. The van der Waals surface area contributed by atoms with E-state index in [0.717, 1.165) is 32.0 Å². The fraction of sp³-hybridized carbons (Fsp3) is 0.167. The summed E-state index contributed by atoms with van der Waals surface area (Å²) < 4.78 is 0. The van der Waals surface area contributed by atoms with Gasteiger partial charge in [-0.15, -0.1) is 11.3 Å². The average molecular weight is 447 g/mol. The number of fused-ring (bicyclic) bond motifs is 1. The summed E-state index contributed by atoms with van der Waals surface area (Å²) in [5, 5.41) is 12.8. The molecule has 0 fully saturated rings. The number of carbonyl (C=O) groups is 2. The molecule has 0 saturated heterocycles. The molecule has 0 spiro atoms. The number of carboxylic acids is 1. The molecule has 2 aromatic heterocycles. The summed E-state index contributed by atoms with van der Waals surface area (Å²) in [5.41, 5.74) is 2.21. The number of aromatic carboxylic acids is 1. The maximum absolute atomic E-state index is 12.3. The fourth-order valence-corrected chi connectivity index (χ4v) is 4.32. The predicted octanol–water partition coefficient (Wildman–Crippen LogP) is 4.20. The highest BCUT2D eigenvalue weighted by Crippen LogP contribution is 2.35. The summed E-state index contributed by atoms with van der Waals surface area (Å²) in [7, 11) is 1.92. The Kier molecular flexibility index (Phi) is 6.42. The number of amides is 1. The molecule has 4 aromatic rings. The molecule has 2 heterocycles. The van der Waals surface area contributed by atoms with Gasteiger partial charge in [0.2, 0.25) is 5.91 Å². The number of anilines is 1. The first-order valence-corrected chi connectivity index (χ1v) is 10.9. The molecule has 162 valence electrons. The van der Waals surface area contributed by atoms with Crippen LogP contribution in [0.3, 0.4) is 0 Å². The summed E-state index contributed by atoms with van der Waals surface area (Å²) in [6, 6.07) is 18.7. The molecule has 0 bridgehead atoms. The highest BCUT2D eigenvalue weighted by atomic mass is 32.1. The van der Waals surface area contributed by atoms with Gasteiger partial charge in [0.1, 0.15) is 17.0 Å². The molecule has 4 rings (SSSR count). The Morgan fingerprint density at radius 1 is 1.06 bits per heavy atom. The maximum atomic E-state index is 12.3. The summed E-state index contributed by atoms with van der Waals surface area (Å²) in [4.78, 5) is 36.1. The van der Waals surface area contributed by atoms with Gasteiger partial charge in [-0.2, -0.15) is 0 Å². The van der Waals surface area contributed by atoms with Gasteiger partial charge in [-0.3, -0.25) is 4.79 Å². The minimum absolute atomic E-state index is 0.0836. The molecule has 0 unspecified atom stereocenters. The van der Waals surface area contributed by atoms with Crippen LogP contribution in [0, 0.1) is 0 Å². The van der Waals surface area contributed by atoms with Crippen LogP contribution in [0.2, 0.25) is 0 Å². The van der Waals surface area contributed by atoms with Crippen LogP contribution in [0.4, 0.5) is 5.82 Å². The molecule has 8 heteroatoms. The van der Waals surface area contributed by atoms with Crippen molar-refractivity contribution >= 4 is 39.2 Å². The van der Waals surface area contributed by atoms with Crippen LogP contribution >= 0.6 is 11.3 Å². The smallest absolute Gasteiger partial charge is 0.335 e. The van der Waals surface area contributed by atoms with Gasteiger partial charge in [0.15, 0.2) is 0 Å². The van der Waals surface area contributed by atoms with Crippen LogP contribution in [0.1, 0.15) is 22.3 Å². The van der Waals surface area contributed by atoms with Gasteiger partial charge < -0.3 is 15.3 Å². The van der Waals surface area contributed by atoms with E-state index in [0.29, 0.717) is 19.5 Å². The Morgan fingerprint density at radius 3 is 2.53 bits per heavy atom. The molecular weight excluding hydrogens is 424 g/mol. The van der Waals surface area contributed by atoms with Crippen molar-refractivity contribution in [2.45, 2.75) is 13.0 Å². The normalized spacial score (nSPS) is 10.8. The number of benzene rings is 2. The van der Waals surface area contributed by atoms with E-state index in [2.05, 4.69) is 33.5 Å². The van der Waals surface area contributed by atoms with Crippen molar-refractivity contribution in [1.82, 2.24) is 15.3 Å². The highest BCUT2D eigenvalue weighted by molar-refractivity contribution is 7.21. The second kappa shape index (κ2) is 9.57. The van der Waals surface area contributed by atoms with Crippen molar-refractivity contribution in [3.63, 3.8) is 0 Å². The summed E-state index contributed by atoms with van der Waals surface area (Å²) >= 11 is 1.62. The molecule has 0 radical (unpaired) electrons. The number of carboxylic acid groups (broad SMARTS) is 1. The lowest BCUT2D eigenvalue weighted by Gasteiger charge is -2.18. The van der Waals surface area contributed by atoms with Crippen molar-refractivity contribution in [1.29, 1.82) is 0 Å².